The lowest BCUT2D eigenvalue weighted by atomic mass is 10.2. The highest BCUT2D eigenvalue weighted by Gasteiger charge is 2.29. The fourth-order valence-electron chi connectivity index (χ4n) is 1.66. The number of hydrogen-bond acceptors (Lipinski definition) is 3. The molecule has 17 heavy (non-hydrogen) atoms. The molecule has 1 aliphatic heterocycles. The Morgan fingerprint density at radius 3 is 2.59 bits per heavy atom. The Balaban J connectivity index is 2.40. The summed E-state index contributed by atoms with van der Waals surface area (Å²) in [6, 6.07) is 3.29. The van der Waals surface area contributed by atoms with Crippen molar-refractivity contribution in [1.82, 2.24) is 0 Å². The largest absolute Gasteiger partial charge is 0.478 e. The highest BCUT2D eigenvalue weighted by Crippen LogP contribution is 2.22. The lowest BCUT2D eigenvalue weighted by molar-refractivity contribution is -0.121. The highest BCUT2D eigenvalue weighted by atomic mass is 19.1. The van der Waals surface area contributed by atoms with E-state index in [1.165, 1.54) is 6.07 Å². The minimum absolute atomic E-state index is 0.0937. The van der Waals surface area contributed by atoms with Crippen molar-refractivity contribution < 1.29 is 23.9 Å². The van der Waals surface area contributed by atoms with E-state index in [1.807, 2.05) is 0 Å². The zero-order valence-electron chi connectivity index (χ0n) is 8.64. The third kappa shape index (κ3) is 2.01. The second-order valence-corrected chi connectivity index (χ2v) is 3.66. The Labute approximate surface area is 95.5 Å². The fourth-order valence-corrected chi connectivity index (χ4v) is 1.66. The molecule has 6 heteroatoms. The van der Waals surface area contributed by atoms with Gasteiger partial charge in [-0.15, -0.1) is 0 Å². The molecular weight excluding hydrogens is 229 g/mol. The van der Waals surface area contributed by atoms with Crippen molar-refractivity contribution in [1.29, 1.82) is 0 Å². The van der Waals surface area contributed by atoms with Crippen LogP contribution in [0.15, 0.2) is 18.2 Å². The van der Waals surface area contributed by atoms with Gasteiger partial charge >= 0.3 is 5.97 Å². The number of Topliss-reactive ketones (excluding diaryl/α,β-unsaturated/α-hetero) is 1. The van der Waals surface area contributed by atoms with Gasteiger partial charge in [0.15, 0.2) is 5.78 Å². The average molecular weight is 237 g/mol. The van der Waals surface area contributed by atoms with Crippen LogP contribution in [0.3, 0.4) is 0 Å². The van der Waals surface area contributed by atoms with Crippen molar-refractivity contribution in [3.05, 3.63) is 29.6 Å². The molecule has 1 aliphatic rings. The average Bonchev–Trinajstić information content (AvgIpc) is 2.58. The summed E-state index contributed by atoms with van der Waals surface area (Å²) in [4.78, 5) is 34.4. The quantitative estimate of drug-likeness (QED) is 0.773. The van der Waals surface area contributed by atoms with Crippen molar-refractivity contribution in [2.75, 3.05) is 11.4 Å². The van der Waals surface area contributed by atoms with Crippen molar-refractivity contribution in [3.8, 4) is 0 Å². The fraction of sp³-hybridized carbons (Fsp3) is 0.182. The smallest absolute Gasteiger partial charge is 0.338 e. The lowest BCUT2D eigenvalue weighted by Crippen LogP contribution is -2.24. The third-order valence-electron chi connectivity index (χ3n) is 2.48. The number of anilines is 1. The Hall–Kier alpha value is -2.24. The summed E-state index contributed by atoms with van der Waals surface area (Å²) in [5.74, 6) is -2.93. The number of carboxylic acid groups (broad SMARTS) is 1. The molecule has 0 spiro atoms. The number of carboxylic acids is 1. The van der Waals surface area contributed by atoms with Crippen molar-refractivity contribution in [2.45, 2.75) is 6.42 Å². The molecule has 1 fully saturated rings. The number of carbonyl (C=O) groups is 3. The Bertz CT molecular complexity index is 526. The van der Waals surface area contributed by atoms with E-state index in [0.29, 0.717) is 0 Å². The van der Waals surface area contributed by atoms with Crippen LogP contribution < -0.4 is 4.90 Å². The van der Waals surface area contributed by atoms with Crippen LogP contribution in [-0.2, 0) is 9.59 Å². The number of nitrogens with zero attached hydrogens (tertiary/aromatic N) is 1. The summed E-state index contributed by atoms with van der Waals surface area (Å²) < 4.78 is 13.1. The summed E-state index contributed by atoms with van der Waals surface area (Å²) in [6.45, 7) is -0.0937. The maximum atomic E-state index is 13.1. The van der Waals surface area contributed by atoms with Crippen LogP contribution in [0.1, 0.15) is 16.8 Å². The molecule has 0 bridgehead atoms. The summed E-state index contributed by atoms with van der Waals surface area (Å²) in [7, 11) is 0. The van der Waals surface area contributed by atoms with Gasteiger partial charge in [-0.05, 0) is 18.2 Å². The predicted molar refractivity (Wildman–Crippen MR) is 55.3 cm³/mol. The van der Waals surface area contributed by atoms with Crippen LogP contribution in [-0.4, -0.2) is 29.3 Å². The van der Waals surface area contributed by atoms with Crippen molar-refractivity contribution in [2.24, 2.45) is 0 Å². The molecule has 0 atom stereocenters. The number of carbonyl (C=O) groups excluding carboxylic acids is 2. The molecule has 0 radical (unpaired) electrons. The molecule has 1 N–H and O–H groups in total. The molecule has 1 saturated heterocycles. The van der Waals surface area contributed by atoms with Gasteiger partial charge in [0.2, 0.25) is 5.91 Å². The summed E-state index contributed by atoms with van der Waals surface area (Å²) in [5, 5.41) is 8.74. The van der Waals surface area contributed by atoms with Gasteiger partial charge in [-0.2, -0.15) is 0 Å². The first-order chi connectivity index (χ1) is 7.99. The Morgan fingerprint density at radius 1 is 1.35 bits per heavy atom. The molecule has 0 aromatic heterocycles. The first-order valence-corrected chi connectivity index (χ1v) is 4.84. The van der Waals surface area contributed by atoms with Crippen LogP contribution in [0, 0.1) is 5.82 Å². The molecule has 1 aromatic carbocycles. The van der Waals surface area contributed by atoms with E-state index >= 15 is 0 Å². The molecule has 1 amide bonds. The summed E-state index contributed by atoms with van der Waals surface area (Å²) in [5.41, 5.74) is -0.297. The Kier molecular flexibility index (Phi) is 2.63. The van der Waals surface area contributed by atoms with Crippen LogP contribution in [0.2, 0.25) is 0 Å². The van der Waals surface area contributed by atoms with Gasteiger partial charge in [-0.25, -0.2) is 9.18 Å². The molecule has 1 aromatic rings. The van der Waals surface area contributed by atoms with E-state index in [-0.39, 0.29) is 24.4 Å². The number of aromatic carboxylic acids is 1. The zero-order chi connectivity index (χ0) is 12.6. The molecule has 1 heterocycles. The molecule has 88 valence electrons. The van der Waals surface area contributed by atoms with Gasteiger partial charge < -0.3 is 10.0 Å². The van der Waals surface area contributed by atoms with Crippen molar-refractivity contribution >= 4 is 23.3 Å². The first-order valence-electron chi connectivity index (χ1n) is 4.84. The van der Waals surface area contributed by atoms with E-state index in [1.54, 1.807) is 0 Å². The number of rotatable bonds is 2. The monoisotopic (exact) mass is 237 g/mol. The Morgan fingerprint density at radius 2 is 2.06 bits per heavy atom. The number of hydrogen-bond donors (Lipinski definition) is 1. The number of halogens is 1. The maximum Gasteiger partial charge on any atom is 0.338 e. The minimum Gasteiger partial charge on any atom is -0.478 e. The van der Waals surface area contributed by atoms with Gasteiger partial charge in [0.05, 0.1) is 18.5 Å². The number of ketones is 1. The van der Waals surface area contributed by atoms with Crippen LogP contribution in [0.4, 0.5) is 10.1 Å². The van der Waals surface area contributed by atoms with E-state index < -0.39 is 23.3 Å². The van der Waals surface area contributed by atoms with E-state index in [4.69, 9.17) is 5.11 Å². The minimum atomic E-state index is -1.41. The zero-order valence-corrected chi connectivity index (χ0v) is 8.64. The highest BCUT2D eigenvalue weighted by molar-refractivity contribution is 6.15. The number of amides is 1. The molecule has 2 rings (SSSR count). The van der Waals surface area contributed by atoms with Gasteiger partial charge in [0.25, 0.3) is 0 Å². The summed E-state index contributed by atoms with van der Waals surface area (Å²) in [6.07, 6.45) is -0.195. The number of benzene rings is 1. The predicted octanol–water partition coefficient (Wildman–Crippen LogP) is 0.830. The van der Waals surface area contributed by atoms with E-state index in [0.717, 1.165) is 17.0 Å². The van der Waals surface area contributed by atoms with Crippen LogP contribution >= 0.6 is 0 Å². The second-order valence-electron chi connectivity index (χ2n) is 3.66. The van der Waals surface area contributed by atoms with Gasteiger partial charge in [0.1, 0.15) is 5.82 Å². The van der Waals surface area contributed by atoms with Gasteiger partial charge in [0, 0.05) is 5.69 Å². The third-order valence-corrected chi connectivity index (χ3v) is 2.48. The summed E-state index contributed by atoms with van der Waals surface area (Å²) >= 11 is 0. The first kappa shape index (κ1) is 11.3. The van der Waals surface area contributed by atoms with Crippen LogP contribution in [0.25, 0.3) is 0 Å². The van der Waals surface area contributed by atoms with Crippen molar-refractivity contribution in [3.63, 3.8) is 0 Å². The van der Waals surface area contributed by atoms with Gasteiger partial charge in [-0.3, -0.25) is 9.59 Å². The van der Waals surface area contributed by atoms with Gasteiger partial charge in [-0.1, -0.05) is 0 Å². The lowest BCUT2D eigenvalue weighted by Gasteiger charge is -2.15. The molecule has 0 aliphatic carbocycles. The maximum absolute atomic E-state index is 13.1. The van der Waals surface area contributed by atoms with E-state index in [9.17, 15) is 18.8 Å². The van der Waals surface area contributed by atoms with E-state index in [2.05, 4.69) is 0 Å². The van der Waals surface area contributed by atoms with Crippen LogP contribution in [0.5, 0.6) is 0 Å². The molecule has 0 unspecified atom stereocenters. The topological polar surface area (TPSA) is 74.7 Å². The normalized spacial score (nSPS) is 15.5. The molecule has 5 nitrogen and oxygen atoms in total. The standard InChI is InChI=1S/C11H8FNO4/c12-9-2-1-6(3-8(9)11(16)17)13-5-7(14)4-10(13)15/h1-3H,4-5H2,(H,16,17). The second kappa shape index (κ2) is 3.97. The molecular formula is C11H8FNO4. The molecule has 0 saturated carbocycles. The SMILES string of the molecule is O=C1CC(=O)N(c2ccc(F)c(C(=O)O)c2)C1.